The van der Waals surface area contributed by atoms with Gasteiger partial charge in [-0.05, 0) is 80.4 Å². The number of likely N-dealkylation sites (tertiary alicyclic amines) is 1. The summed E-state index contributed by atoms with van der Waals surface area (Å²) in [6.07, 6.45) is -2.23. The third-order valence-electron chi connectivity index (χ3n) is 6.55. The molecule has 4 aromatic heterocycles. The fourth-order valence-corrected chi connectivity index (χ4v) is 5.06. The standard InChI is InChI=1S/C24H27N5S.2C2HF3O2/c1-17(2)29-16-26-24-22(29)12-21(27-23(24)20-4-3-8-25-13-20)19-5-9-28(10-6-19)14-18-7-11-30-15-18;2*3-2(4,5)1(6)7/h3-4,7-8,11-13,15-17,19H,5-6,9-10,14H2,1-2H3;2*(H,6,7). The molecule has 5 rings (SSSR count). The van der Waals surface area contributed by atoms with Gasteiger partial charge in [-0.25, -0.2) is 14.6 Å². The molecule has 0 saturated carbocycles. The molecular formula is C28H29F6N5O4S. The van der Waals surface area contributed by atoms with Gasteiger partial charge in [0, 0.05) is 42.2 Å². The van der Waals surface area contributed by atoms with Gasteiger partial charge in [-0.3, -0.25) is 14.9 Å². The SMILES string of the molecule is CC(C)n1cnc2c(-c3cccnc3)nc(C3CCN(Cc4ccsc4)CC3)cc21.O=C(O)C(F)(F)F.O=C(O)C(F)(F)F. The highest BCUT2D eigenvalue weighted by atomic mass is 32.1. The molecule has 1 fully saturated rings. The zero-order valence-corrected chi connectivity index (χ0v) is 24.3. The van der Waals surface area contributed by atoms with E-state index in [-0.39, 0.29) is 0 Å². The smallest absolute Gasteiger partial charge is 0.475 e. The molecule has 0 spiro atoms. The van der Waals surface area contributed by atoms with Crippen LogP contribution in [0.5, 0.6) is 0 Å². The molecule has 44 heavy (non-hydrogen) atoms. The van der Waals surface area contributed by atoms with E-state index in [4.69, 9.17) is 29.8 Å². The van der Waals surface area contributed by atoms with Gasteiger partial charge in [0.05, 0.1) is 17.5 Å². The highest BCUT2D eigenvalue weighted by Gasteiger charge is 2.38. The molecule has 0 bridgehead atoms. The van der Waals surface area contributed by atoms with E-state index >= 15 is 0 Å². The number of nitrogens with zero attached hydrogens (tertiary/aromatic N) is 5. The first kappa shape index (κ1) is 34.4. The maximum absolute atomic E-state index is 10.6. The number of halogens is 6. The lowest BCUT2D eigenvalue weighted by atomic mass is 9.92. The van der Waals surface area contributed by atoms with Crippen molar-refractivity contribution in [3.05, 3.63) is 65.0 Å². The summed E-state index contributed by atoms with van der Waals surface area (Å²) in [5.41, 5.74) is 6.76. The molecule has 9 nitrogen and oxygen atoms in total. The van der Waals surface area contributed by atoms with Crippen molar-refractivity contribution < 1.29 is 46.1 Å². The predicted molar refractivity (Wildman–Crippen MR) is 150 cm³/mol. The van der Waals surface area contributed by atoms with Gasteiger partial charge in [0.2, 0.25) is 0 Å². The second-order valence-corrected chi connectivity index (χ2v) is 10.8. The highest BCUT2D eigenvalue weighted by molar-refractivity contribution is 7.07. The second kappa shape index (κ2) is 14.6. The van der Waals surface area contributed by atoms with Gasteiger partial charge in [0.25, 0.3) is 0 Å². The Balaban J connectivity index is 0.000000317. The fourth-order valence-electron chi connectivity index (χ4n) is 4.40. The summed E-state index contributed by atoms with van der Waals surface area (Å²) in [5.74, 6) is -5.03. The second-order valence-electron chi connectivity index (χ2n) is 10.0. The van der Waals surface area contributed by atoms with Gasteiger partial charge in [0.15, 0.2) is 0 Å². The van der Waals surface area contributed by atoms with E-state index in [9.17, 15) is 26.3 Å². The number of carbonyl (C=O) groups is 2. The van der Waals surface area contributed by atoms with Crippen molar-refractivity contribution in [3.63, 3.8) is 0 Å². The number of fused-ring (bicyclic) bond motifs is 1. The molecule has 1 aliphatic heterocycles. The lowest BCUT2D eigenvalue weighted by molar-refractivity contribution is -0.193. The average molecular weight is 646 g/mol. The molecule has 1 aliphatic rings. The van der Waals surface area contributed by atoms with Crippen LogP contribution < -0.4 is 0 Å². The van der Waals surface area contributed by atoms with Crippen LogP contribution in [-0.2, 0) is 16.1 Å². The number of pyridine rings is 2. The molecule has 0 radical (unpaired) electrons. The Morgan fingerprint density at radius 1 is 1.05 bits per heavy atom. The zero-order chi connectivity index (χ0) is 32.7. The molecule has 2 N–H and O–H groups in total. The molecule has 4 aromatic rings. The number of imidazole rings is 1. The quantitative estimate of drug-likeness (QED) is 0.228. The monoisotopic (exact) mass is 645 g/mol. The van der Waals surface area contributed by atoms with Crippen molar-refractivity contribution in [2.75, 3.05) is 13.1 Å². The molecule has 5 heterocycles. The van der Waals surface area contributed by atoms with Crippen LogP contribution in [0, 0.1) is 0 Å². The number of hydrogen-bond donors (Lipinski definition) is 2. The summed E-state index contributed by atoms with van der Waals surface area (Å²) in [5, 5.41) is 18.7. The van der Waals surface area contributed by atoms with E-state index in [1.165, 1.54) is 16.8 Å². The van der Waals surface area contributed by atoms with E-state index in [0.29, 0.717) is 12.0 Å². The van der Waals surface area contributed by atoms with Crippen LogP contribution in [0.15, 0.2) is 53.7 Å². The van der Waals surface area contributed by atoms with E-state index in [1.807, 2.05) is 18.6 Å². The molecular weight excluding hydrogens is 616 g/mol. The molecule has 16 heteroatoms. The van der Waals surface area contributed by atoms with Crippen LogP contribution in [0.4, 0.5) is 26.3 Å². The van der Waals surface area contributed by atoms with Crippen LogP contribution in [0.3, 0.4) is 0 Å². The van der Waals surface area contributed by atoms with Crippen LogP contribution in [0.2, 0.25) is 0 Å². The van der Waals surface area contributed by atoms with Crippen molar-refractivity contribution >= 4 is 34.3 Å². The number of piperidine rings is 1. The van der Waals surface area contributed by atoms with Crippen molar-refractivity contribution in [2.24, 2.45) is 0 Å². The Bertz CT molecular complexity index is 1490. The van der Waals surface area contributed by atoms with Crippen molar-refractivity contribution in [3.8, 4) is 11.3 Å². The van der Waals surface area contributed by atoms with E-state index in [0.717, 1.165) is 49.2 Å². The number of carboxylic acids is 2. The molecule has 238 valence electrons. The summed E-state index contributed by atoms with van der Waals surface area (Å²) in [7, 11) is 0. The summed E-state index contributed by atoms with van der Waals surface area (Å²) in [6, 6.07) is 8.93. The number of alkyl halides is 6. The number of hydrogen-bond acceptors (Lipinski definition) is 7. The number of aromatic nitrogens is 4. The van der Waals surface area contributed by atoms with E-state index < -0.39 is 24.3 Å². The molecule has 0 amide bonds. The van der Waals surface area contributed by atoms with Crippen LogP contribution >= 0.6 is 11.3 Å². The van der Waals surface area contributed by atoms with Crippen molar-refractivity contribution in [2.45, 2.75) is 57.5 Å². The van der Waals surface area contributed by atoms with Gasteiger partial charge in [-0.2, -0.15) is 37.7 Å². The Kier molecular flexibility index (Phi) is 11.4. The summed E-state index contributed by atoms with van der Waals surface area (Å²) >= 11 is 1.78. The summed E-state index contributed by atoms with van der Waals surface area (Å²) in [6.45, 7) is 7.70. The van der Waals surface area contributed by atoms with Crippen molar-refractivity contribution in [1.82, 2.24) is 24.4 Å². The summed E-state index contributed by atoms with van der Waals surface area (Å²) in [4.78, 5) is 34.5. The van der Waals surface area contributed by atoms with E-state index in [1.54, 1.807) is 17.5 Å². The Morgan fingerprint density at radius 3 is 2.14 bits per heavy atom. The first-order valence-corrected chi connectivity index (χ1v) is 14.1. The van der Waals surface area contributed by atoms with Gasteiger partial charge in [-0.1, -0.05) is 0 Å². The first-order valence-electron chi connectivity index (χ1n) is 13.2. The minimum Gasteiger partial charge on any atom is -0.475 e. The van der Waals surface area contributed by atoms with Gasteiger partial charge in [-0.15, -0.1) is 0 Å². The molecule has 0 unspecified atom stereocenters. The fraction of sp³-hybridized carbons (Fsp3) is 0.393. The third kappa shape index (κ3) is 9.47. The topological polar surface area (TPSA) is 121 Å². The Morgan fingerprint density at radius 2 is 1.66 bits per heavy atom. The lowest BCUT2D eigenvalue weighted by Crippen LogP contribution is -2.32. The van der Waals surface area contributed by atoms with Crippen LogP contribution in [0.1, 0.15) is 49.9 Å². The largest absolute Gasteiger partial charge is 0.490 e. The van der Waals surface area contributed by atoms with Crippen LogP contribution in [-0.4, -0.2) is 72.0 Å². The lowest BCUT2D eigenvalue weighted by Gasteiger charge is -2.31. The normalized spacial score (nSPS) is 14.5. The minimum atomic E-state index is -5.08. The Hall–Kier alpha value is -4.05. The molecule has 1 saturated heterocycles. The zero-order valence-electron chi connectivity index (χ0n) is 23.5. The maximum atomic E-state index is 10.6. The average Bonchev–Trinajstić information content (AvgIpc) is 3.63. The maximum Gasteiger partial charge on any atom is 0.490 e. The van der Waals surface area contributed by atoms with Gasteiger partial charge >= 0.3 is 24.3 Å². The predicted octanol–water partition coefficient (Wildman–Crippen LogP) is 6.78. The van der Waals surface area contributed by atoms with Gasteiger partial charge < -0.3 is 14.8 Å². The molecule has 0 aliphatic carbocycles. The number of aliphatic carboxylic acids is 2. The van der Waals surface area contributed by atoms with Crippen molar-refractivity contribution in [1.29, 1.82) is 0 Å². The number of rotatable bonds is 5. The van der Waals surface area contributed by atoms with E-state index in [2.05, 4.69) is 57.3 Å². The third-order valence-corrected chi connectivity index (χ3v) is 7.28. The molecule has 0 atom stereocenters. The summed E-state index contributed by atoms with van der Waals surface area (Å²) < 4.78 is 65.7. The first-order chi connectivity index (χ1) is 20.6. The minimum absolute atomic E-state index is 0.361. The molecule has 0 aromatic carbocycles. The Labute approximate surface area is 251 Å². The van der Waals surface area contributed by atoms with Crippen LogP contribution in [0.25, 0.3) is 22.3 Å². The number of thiophene rings is 1. The number of carboxylic acid groups (broad SMARTS) is 2. The highest BCUT2D eigenvalue weighted by Crippen LogP contribution is 2.34. The van der Waals surface area contributed by atoms with Gasteiger partial charge in [0.1, 0.15) is 5.52 Å².